The third-order valence-electron chi connectivity index (χ3n) is 2.12. The number of rotatable bonds is 3. The topological polar surface area (TPSA) is 111 Å². The minimum atomic E-state index is -0.555. The Morgan fingerprint density at radius 1 is 1.47 bits per heavy atom. The number of ether oxygens (including phenoxy) is 1. The summed E-state index contributed by atoms with van der Waals surface area (Å²) in [6, 6.07) is 2.75. The second-order valence-electron chi connectivity index (χ2n) is 3.45. The SMILES string of the molecule is COC(=O)c1cc(N)cnc1Sc1nccc(=O)[nH]1. The Hall–Kier alpha value is -2.35. The monoisotopic (exact) mass is 278 g/mol. The zero-order valence-electron chi connectivity index (χ0n) is 9.91. The summed E-state index contributed by atoms with van der Waals surface area (Å²) in [6.07, 6.45) is 2.78. The third kappa shape index (κ3) is 3.10. The molecule has 2 aromatic rings. The molecular formula is C11H10N4O3S. The Morgan fingerprint density at radius 3 is 2.95 bits per heavy atom. The molecule has 7 nitrogen and oxygen atoms in total. The van der Waals surface area contributed by atoms with Gasteiger partial charge in [-0.3, -0.25) is 4.79 Å². The molecule has 3 N–H and O–H groups in total. The number of aromatic nitrogens is 3. The fourth-order valence-corrected chi connectivity index (χ4v) is 2.11. The number of nitrogen functional groups attached to an aromatic ring is 1. The molecule has 0 saturated heterocycles. The summed E-state index contributed by atoms with van der Waals surface area (Å²) in [6.45, 7) is 0. The van der Waals surface area contributed by atoms with Gasteiger partial charge >= 0.3 is 5.97 Å². The van der Waals surface area contributed by atoms with Crippen LogP contribution in [0.1, 0.15) is 10.4 Å². The number of hydrogen-bond donors (Lipinski definition) is 2. The molecular weight excluding hydrogens is 268 g/mol. The number of carbonyl (C=O) groups is 1. The highest BCUT2D eigenvalue weighted by atomic mass is 32.2. The number of nitrogens with one attached hydrogen (secondary N) is 1. The molecule has 0 saturated carbocycles. The lowest BCUT2D eigenvalue weighted by Crippen LogP contribution is -2.08. The van der Waals surface area contributed by atoms with Gasteiger partial charge in [0.15, 0.2) is 5.16 Å². The maximum Gasteiger partial charge on any atom is 0.340 e. The Bertz CT molecular complexity index is 671. The van der Waals surface area contributed by atoms with E-state index in [1.54, 1.807) is 0 Å². The van der Waals surface area contributed by atoms with Gasteiger partial charge in [-0.25, -0.2) is 14.8 Å². The van der Waals surface area contributed by atoms with E-state index in [0.29, 0.717) is 15.9 Å². The van der Waals surface area contributed by atoms with E-state index in [-0.39, 0.29) is 11.1 Å². The predicted octanol–water partition coefficient (Wildman–Crippen LogP) is 0.685. The van der Waals surface area contributed by atoms with Gasteiger partial charge in [0.1, 0.15) is 5.03 Å². The minimum absolute atomic E-state index is 0.221. The summed E-state index contributed by atoms with van der Waals surface area (Å²) in [4.78, 5) is 33.3. The van der Waals surface area contributed by atoms with Gasteiger partial charge in [-0.2, -0.15) is 0 Å². The van der Waals surface area contributed by atoms with Crippen LogP contribution >= 0.6 is 11.8 Å². The minimum Gasteiger partial charge on any atom is -0.465 e. The Morgan fingerprint density at radius 2 is 2.26 bits per heavy atom. The van der Waals surface area contributed by atoms with Crippen LogP contribution in [0.15, 0.2) is 39.5 Å². The van der Waals surface area contributed by atoms with Crippen molar-refractivity contribution < 1.29 is 9.53 Å². The molecule has 2 aromatic heterocycles. The molecule has 19 heavy (non-hydrogen) atoms. The van der Waals surface area contributed by atoms with E-state index in [2.05, 4.69) is 19.7 Å². The van der Waals surface area contributed by atoms with E-state index in [4.69, 9.17) is 5.73 Å². The van der Waals surface area contributed by atoms with Crippen LogP contribution in [-0.4, -0.2) is 28.0 Å². The number of esters is 1. The second kappa shape index (κ2) is 5.53. The number of nitrogens with zero attached hydrogens (tertiary/aromatic N) is 2. The fourth-order valence-electron chi connectivity index (χ4n) is 1.30. The molecule has 0 fully saturated rings. The lowest BCUT2D eigenvalue weighted by atomic mass is 10.3. The predicted molar refractivity (Wildman–Crippen MR) is 69.0 cm³/mol. The van der Waals surface area contributed by atoms with E-state index in [1.165, 1.54) is 31.6 Å². The number of aromatic amines is 1. The molecule has 98 valence electrons. The maximum atomic E-state index is 11.6. The first kappa shape index (κ1) is 13.1. The molecule has 0 aromatic carbocycles. The van der Waals surface area contributed by atoms with Crippen LogP contribution in [0.5, 0.6) is 0 Å². The van der Waals surface area contributed by atoms with E-state index in [0.717, 1.165) is 11.8 Å². The van der Waals surface area contributed by atoms with Crippen molar-refractivity contribution in [2.75, 3.05) is 12.8 Å². The van der Waals surface area contributed by atoms with Gasteiger partial charge in [-0.05, 0) is 17.8 Å². The molecule has 0 aliphatic rings. The summed E-state index contributed by atoms with van der Waals surface area (Å²) < 4.78 is 4.65. The Kier molecular flexibility index (Phi) is 3.81. The summed E-state index contributed by atoms with van der Waals surface area (Å²) in [5.41, 5.74) is 5.87. The first-order chi connectivity index (χ1) is 9.10. The van der Waals surface area contributed by atoms with Crippen molar-refractivity contribution in [3.8, 4) is 0 Å². The zero-order valence-corrected chi connectivity index (χ0v) is 10.7. The molecule has 0 bridgehead atoms. The van der Waals surface area contributed by atoms with Gasteiger partial charge in [0, 0.05) is 12.3 Å². The molecule has 0 unspecified atom stereocenters. The smallest absolute Gasteiger partial charge is 0.340 e. The number of carbonyl (C=O) groups excluding carboxylic acids is 1. The number of pyridine rings is 1. The number of nitrogens with two attached hydrogens (primary N) is 1. The molecule has 0 aliphatic heterocycles. The van der Waals surface area contributed by atoms with E-state index in [9.17, 15) is 9.59 Å². The molecule has 8 heteroatoms. The van der Waals surface area contributed by atoms with Gasteiger partial charge in [0.25, 0.3) is 5.56 Å². The van der Waals surface area contributed by atoms with Crippen molar-refractivity contribution in [3.63, 3.8) is 0 Å². The molecule has 2 heterocycles. The number of H-pyrrole nitrogens is 1. The molecule has 0 aliphatic carbocycles. The summed E-state index contributed by atoms with van der Waals surface area (Å²) in [5, 5.41) is 0.685. The summed E-state index contributed by atoms with van der Waals surface area (Å²) >= 11 is 1.05. The van der Waals surface area contributed by atoms with Crippen LogP contribution in [0.25, 0.3) is 0 Å². The number of hydrogen-bond acceptors (Lipinski definition) is 7. The average molecular weight is 278 g/mol. The largest absolute Gasteiger partial charge is 0.465 e. The first-order valence-electron chi connectivity index (χ1n) is 5.17. The zero-order chi connectivity index (χ0) is 13.8. The van der Waals surface area contributed by atoms with Gasteiger partial charge in [-0.15, -0.1) is 0 Å². The standard InChI is InChI=1S/C11H10N4O3S/c1-18-10(17)7-4-6(12)5-14-9(7)19-11-13-3-2-8(16)15-11/h2-5H,12H2,1H3,(H,13,15,16). The average Bonchev–Trinajstić information content (AvgIpc) is 2.40. The molecule has 2 rings (SSSR count). The van der Waals surface area contributed by atoms with Crippen LogP contribution in [0, 0.1) is 0 Å². The van der Waals surface area contributed by atoms with Crippen molar-refractivity contribution in [3.05, 3.63) is 40.4 Å². The molecule has 0 amide bonds. The molecule has 0 atom stereocenters. The number of methoxy groups -OCH3 is 1. The van der Waals surface area contributed by atoms with E-state index < -0.39 is 5.97 Å². The van der Waals surface area contributed by atoms with Crippen LogP contribution in [0.3, 0.4) is 0 Å². The third-order valence-corrected chi connectivity index (χ3v) is 3.04. The van der Waals surface area contributed by atoms with E-state index >= 15 is 0 Å². The lowest BCUT2D eigenvalue weighted by molar-refractivity contribution is 0.0596. The van der Waals surface area contributed by atoms with Crippen molar-refractivity contribution >= 4 is 23.4 Å². The highest BCUT2D eigenvalue weighted by Crippen LogP contribution is 2.26. The Labute approximate surface area is 112 Å². The molecule has 0 spiro atoms. The van der Waals surface area contributed by atoms with Crippen molar-refractivity contribution in [1.82, 2.24) is 15.0 Å². The van der Waals surface area contributed by atoms with Crippen molar-refractivity contribution in [1.29, 1.82) is 0 Å². The van der Waals surface area contributed by atoms with Crippen molar-refractivity contribution in [2.45, 2.75) is 10.2 Å². The van der Waals surface area contributed by atoms with Gasteiger partial charge < -0.3 is 15.5 Å². The highest BCUT2D eigenvalue weighted by molar-refractivity contribution is 7.99. The first-order valence-corrected chi connectivity index (χ1v) is 5.99. The van der Waals surface area contributed by atoms with Crippen LogP contribution in [-0.2, 0) is 4.74 Å². The van der Waals surface area contributed by atoms with Gasteiger partial charge in [0.2, 0.25) is 0 Å². The Balaban J connectivity index is 2.39. The fraction of sp³-hybridized carbons (Fsp3) is 0.0909. The molecule has 0 radical (unpaired) electrons. The maximum absolute atomic E-state index is 11.6. The van der Waals surface area contributed by atoms with Crippen LogP contribution in [0.2, 0.25) is 0 Å². The van der Waals surface area contributed by atoms with E-state index in [1.807, 2.05) is 0 Å². The lowest BCUT2D eigenvalue weighted by Gasteiger charge is -2.06. The normalized spacial score (nSPS) is 10.2. The summed E-state index contributed by atoms with van der Waals surface area (Å²) in [5.74, 6) is -0.555. The van der Waals surface area contributed by atoms with Crippen LogP contribution in [0.4, 0.5) is 5.69 Å². The second-order valence-corrected chi connectivity index (χ2v) is 4.43. The van der Waals surface area contributed by atoms with Gasteiger partial charge in [0.05, 0.1) is 24.6 Å². The van der Waals surface area contributed by atoms with Crippen LogP contribution < -0.4 is 11.3 Å². The quantitative estimate of drug-likeness (QED) is 0.627. The van der Waals surface area contributed by atoms with Crippen molar-refractivity contribution in [2.24, 2.45) is 0 Å². The summed E-state index contributed by atoms with van der Waals surface area (Å²) in [7, 11) is 1.27. The number of anilines is 1. The van der Waals surface area contributed by atoms with Gasteiger partial charge in [-0.1, -0.05) is 0 Å². The highest BCUT2D eigenvalue weighted by Gasteiger charge is 2.15.